The fourth-order valence-electron chi connectivity index (χ4n) is 3.75. The summed E-state index contributed by atoms with van der Waals surface area (Å²) in [6.45, 7) is 4.88. The van der Waals surface area contributed by atoms with E-state index in [1.54, 1.807) is 36.4 Å². The summed E-state index contributed by atoms with van der Waals surface area (Å²) in [5, 5.41) is 5.88. The zero-order valence-electron chi connectivity index (χ0n) is 19.2. The number of para-hydroxylation sites is 2. The van der Waals surface area contributed by atoms with Gasteiger partial charge in [-0.2, -0.15) is 0 Å². The molecule has 0 saturated carbocycles. The van der Waals surface area contributed by atoms with Gasteiger partial charge in [0.15, 0.2) is 18.1 Å². The fraction of sp³-hybridized carbons (Fsp3) is 0.259. The molecular formula is C27H28N2O5. The Hall–Kier alpha value is -4.00. The average molecular weight is 461 g/mol. The number of ether oxygens (including phenoxy) is 3. The van der Waals surface area contributed by atoms with Gasteiger partial charge in [-0.05, 0) is 47.9 Å². The van der Waals surface area contributed by atoms with Gasteiger partial charge >= 0.3 is 0 Å². The predicted octanol–water partition coefficient (Wildman–Crippen LogP) is 4.60. The summed E-state index contributed by atoms with van der Waals surface area (Å²) in [6.07, 6.45) is 0. The highest BCUT2D eigenvalue weighted by Gasteiger charge is 2.22. The normalized spacial score (nSPS) is 13.1. The van der Waals surface area contributed by atoms with Crippen LogP contribution < -0.4 is 24.8 Å². The van der Waals surface area contributed by atoms with Crippen LogP contribution in [0.25, 0.3) is 0 Å². The molecule has 7 nitrogen and oxygen atoms in total. The molecule has 1 aliphatic rings. The van der Waals surface area contributed by atoms with Gasteiger partial charge in [0.25, 0.3) is 11.8 Å². The van der Waals surface area contributed by atoms with Crippen LogP contribution in [0.2, 0.25) is 0 Å². The monoisotopic (exact) mass is 460 g/mol. The lowest BCUT2D eigenvalue weighted by molar-refractivity contribution is -0.124. The Morgan fingerprint density at radius 2 is 1.62 bits per heavy atom. The highest BCUT2D eigenvalue weighted by Crippen LogP contribution is 2.34. The van der Waals surface area contributed by atoms with Crippen molar-refractivity contribution in [1.82, 2.24) is 5.32 Å². The van der Waals surface area contributed by atoms with Gasteiger partial charge in [0.05, 0.1) is 11.6 Å². The number of nitrogens with one attached hydrogen (secondary N) is 2. The smallest absolute Gasteiger partial charge is 0.259 e. The quantitative estimate of drug-likeness (QED) is 0.513. The molecule has 34 heavy (non-hydrogen) atoms. The highest BCUT2D eigenvalue weighted by molar-refractivity contribution is 6.06. The van der Waals surface area contributed by atoms with Gasteiger partial charge in [-0.25, -0.2) is 0 Å². The molecule has 3 aromatic rings. The molecule has 7 heteroatoms. The number of benzene rings is 3. The maximum Gasteiger partial charge on any atom is 0.259 e. The van der Waals surface area contributed by atoms with Crippen molar-refractivity contribution < 1.29 is 23.8 Å². The Morgan fingerprint density at radius 1 is 0.912 bits per heavy atom. The molecular weight excluding hydrogens is 432 g/mol. The summed E-state index contributed by atoms with van der Waals surface area (Å²) in [5.41, 5.74) is 1.96. The van der Waals surface area contributed by atoms with Crippen molar-refractivity contribution in [3.8, 4) is 17.2 Å². The molecule has 2 amide bonds. The molecule has 1 aliphatic heterocycles. The third kappa shape index (κ3) is 5.67. The van der Waals surface area contributed by atoms with E-state index in [0.29, 0.717) is 41.7 Å². The first-order valence-electron chi connectivity index (χ1n) is 11.3. The van der Waals surface area contributed by atoms with E-state index in [2.05, 4.69) is 10.6 Å². The number of anilines is 1. The first-order chi connectivity index (χ1) is 16.5. The Bertz CT molecular complexity index is 1150. The van der Waals surface area contributed by atoms with E-state index in [0.717, 1.165) is 5.56 Å². The van der Waals surface area contributed by atoms with Crippen molar-refractivity contribution in [3.63, 3.8) is 0 Å². The second-order valence-corrected chi connectivity index (χ2v) is 8.30. The molecule has 0 aliphatic carbocycles. The minimum atomic E-state index is -0.307. The molecule has 176 valence electrons. The second kappa shape index (κ2) is 10.7. The Balaban J connectivity index is 1.41. The third-order valence-corrected chi connectivity index (χ3v) is 5.43. The number of hydrogen-bond donors (Lipinski definition) is 2. The first kappa shape index (κ1) is 23.2. The maximum absolute atomic E-state index is 12.8. The van der Waals surface area contributed by atoms with Crippen LogP contribution in [-0.2, 0) is 4.79 Å². The van der Waals surface area contributed by atoms with Gasteiger partial charge in [-0.1, -0.05) is 50.2 Å². The fourth-order valence-corrected chi connectivity index (χ4v) is 3.75. The standard InChI is InChI=1S/C27H28N2O5/c1-18(2)26(19-12-13-23-24(16-19)33-15-14-32-23)29-25(30)17-34-22-11-7-6-10-21(22)27(31)28-20-8-4-3-5-9-20/h3-13,16,18,26H,14-15,17H2,1-2H3,(H,28,31)(H,29,30)/t26-/m1/s1. The molecule has 1 atom stereocenters. The van der Waals surface area contributed by atoms with Gasteiger partial charge in [0, 0.05) is 5.69 Å². The summed E-state index contributed by atoms with van der Waals surface area (Å²) in [7, 11) is 0. The van der Waals surface area contributed by atoms with Crippen LogP contribution in [0.15, 0.2) is 72.8 Å². The summed E-state index contributed by atoms with van der Waals surface area (Å²) < 4.78 is 17.0. The van der Waals surface area contributed by atoms with E-state index in [-0.39, 0.29) is 30.4 Å². The van der Waals surface area contributed by atoms with Crippen LogP contribution in [0.3, 0.4) is 0 Å². The van der Waals surface area contributed by atoms with Crippen LogP contribution in [0.4, 0.5) is 5.69 Å². The van der Waals surface area contributed by atoms with Gasteiger partial charge in [-0.3, -0.25) is 9.59 Å². The molecule has 2 N–H and O–H groups in total. The maximum atomic E-state index is 12.8. The zero-order chi connectivity index (χ0) is 23.9. The summed E-state index contributed by atoms with van der Waals surface area (Å²) in [4.78, 5) is 25.5. The molecule has 0 unspecified atom stereocenters. The zero-order valence-corrected chi connectivity index (χ0v) is 19.2. The number of carbonyl (C=O) groups is 2. The molecule has 1 heterocycles. The number of carbonyl (C=O) groups excluding carboxylic acids is 2. The molecule has 4 rings (SSSR count). The first-order valence-corrected chi connectivity index (χ1v) is 11.3. The van der Waals surface area contributed by atoms with Crippen LogP contribution in [-0.4, -0.2) is 31.6 Å². The van der Waals surface area contributed by atoms with Crippen LogP contribution >= 0.6 is 0 Å². The number of fused-ring (bicyclic) bond motifs is 1. The Morgan fingerprint density at radius 3 is 2.38 bits per heavy atom. The van der Waals surface area contributed by atoms with E-state index >= 15 is 0 Å². The van der Waals surface area contributed by atoms with Gasteiger partial charge < -0.3 is 24.8 Å². The van der Waals surface area contributed by atoms with Crippen molar-refractivity contribution in [2.45, 2.75) is 19.9 Å². The van der Waals surface area contributed by atoms with Crippen molar-refractivity contribution >= 4 is 17.5 Å². The lowest BCUT2D eigenvalue weighted by Gasteiger charge is -2.25. The van der Waals surface area contributed by atoms with Gasteiger partial charge in [-0.15, -0.1) is 0 Å². The minimum Gasteiger partial charge on any atom is -0.486 e. The van der Waals surface area contributed by atoms with E-state index in [1.165, 1.54) is 0 Å². The van der Waals surface area contributed by atoms with E-state index in [1.807, 2.05) is 50.2 Å². The van der Waals surface area contributed by atoms with Gasteiger partial charge in [0.1, 0.15) is 19.0 Å². The van der Waals surface area contributed by atoms with Crippen molar-refractivity contribution in [1.29, 1.82) is 0 Å². The second-order valence-electron chi connectivity index (χ2n) is 8.30. The average Bonchev–Trinajstić information content (AvgIpc) is 2.86. The summed E-state index contributed by atoms with van der Waals surface area (Å²) >= 11 is 0. The lowest BCUT2D eigenvalue weighted by Crippen LogP contribution is -2.35. The summed E-state index contributed by atoms with van der Waals surface area (Å²) in [5.74, 6) is 1.27. The minimum absolute atomic E-state index is 0.135. The molecule has 0 aromatic heterocycles. The number of rotatable bonds is 8. The Labute approximate surface area is 199 Å². The van der Waals surface area contributed by atoms with Crippen molar-refractivity contribution in [2.24, 2.45) is 5.92 Å². The molecule has 0 saturated heterocycles. The number of hydrogen-bond acceptors (Lipinski definition) is 5. The lowest BCUT2D eigenvalue weighted by atomic mass is 9.95. The predicted molar refractivity (Wildman–Crippen MR) is 129 cm³/mol. The van der Waals surface area contributed by atoms with E-state index in [9.17, 15) is 9.59 Å². The topological polar surface area (TPSA) is 85.9 Å². The van der Waals surface area contributed by atoms with E-state index in [4.69, 9.17) is 14.2 Å². The third-order valence-electron chi connectivity index (χ3n) is 5.43. The SMILES string of the molecule is CC(C)[C@@H](NC(=O)COc1ccccc1C(=O)Nc1ccccc1)c1ccc2c(c1)OCCO2. The molecule has 3 aromatic carbocycles. The molecule has 0 bridgehead atoms. The van der Waals surface area contributed by atoms with Crippen molar-refractivity contribution in [3.05, 3.63) is 83.9 Å². The van der Waals surface area contributed by atoms with Gasteiger partial charge in [0.2, 0.25) is 0 Å². The van der Waals surface area contributed by atoms with Crippen LogP contribution in [0.5, 0.6) is 17.2 Å². The molecule has 0 spiro atoms. The molecule has 0 radical (unpaired) electrons. The summed E-state index contributed by atoms with van der Waals surface area (Å²) in [6, 6.07) is 21.5. The number of amides is 2. The highest BCUT2D eigenvalue weighted by atomic mass is 16.6. The largest absolute Gasteiger partial charge is 0.486 e. The van der Waals surface area contributed by atoms with E-state index < -0.39 is 0 Å². The molecule has 0 fully saturated rings. The van der Waals surface area contributed by atoms with Crippen LogP contribution in [0.1, 0.15) is 35.8 Å². The van der Waals surface area contributed by atoms with Crippen LogP contribution in [0, 0.1) is 5.92 Å². The van der Waals surface area contributed by atoms with Crippen molar-refractivity contribution in [2.75, 3.05) is 25.1 Å². The Kier molecular flexibility index (Phi) is 7.32.